The average molecular weight is 426 g/mol. The molecule has 0 unspecified atom stereocenters. The molecule has 5 heteroatoms. The largest absolute Gasteiger partial charge is 0.348 e. The second-order valence-corrected chi connectivity index (χ2v) is 8.38. The highest BCUT2D eigenvalue weighted by Crippen LogP contribution is 2.18. The lowest BCUT2D eigenvalue weighted by molar-refractivity contribution is 0.0951. The smallest absolute Gasteiger partial charge is 0.272 e. The minimum absolute atomic E-state index is 0.0965. The second kappa shape index (κ2) is 8.79. The Kier molecular flexibility index (Phi) is 5.91. The molecule has 0 saturated heterocycles. The van der Waals surface area contributed by atoms with Gasteiger partial charge in [0.2, 0.25) is 0 Å². The van der Waals surface area contributed by atoms with Crippen LogP contribution in [0.4, 0.5) is 0 Å². The van der Waals surface area contributed by atoms with Gasteiger partial charge in [-0.15, -0.1) is 0 Å². The second-order valence-electron chi connectivity index (χ2n) is 8.38. The molecule has 0 radical (unpaired) electrons. The molecule has 5 nitrogen and oxygen atoms in total. The summed E-state index contributed by atoms with van der Waals surface area (Å²) in [6.07, 6.45) is 0. The van der Waals surface area contributed by atoms with Gasteiger partial charge in [0.1, 0.15) is 5.69 Å². The van der Waals surface area contributed by atoms with E-state index in [2.05, 4.69) is 16.4 Å². The van der Waals surface area contributed by atoms with Crippen molar-refractivity contribution in [2.75, 3.05) is 0 Å². The fourth-order valence-electron chi connectivity index (χ4n) is 3.83. The van der Waals surface area contributed by atoms with Crippen molar-refractivity contribution in [3.05, 3.63) is 110 Å². The predicted molar refractivity (Wildman–Crippen MR) is 128 cm³/mol. The number of fused-ring (bicyclic) bond motifs is 1. The summed E-state index contributed by atoms with van der Waals surface area (Å²) < 4.78 is 1.76. The van der Waals surface area contributed by atoms with Crippen LogP contribution in [-0.2, 0) is 13.1 Å². The van der Waals surface area contributed by atoms with Gasteiger partial charge in [0.25, 0.3) is 11.5 Å². The normalized spacial score (nSPS) is 11.0. The summed E-state index contributed by atoms with van der Waals surface area (Å²) in [6, 6.07) is 19.5. The van der Waals surface area contributed by atoms with Crippen molar-refractivity contribution in [3.63, 3.8) is 0 Å². The van der Waals surface area contributed by atoms with E-state index in [9.17, 15) is 9.59 Å². The molecule has 0 atom stereocenters. The lowest BCUT2D eigenvalue weighted by Crippen LogP contribution is -2.25. The lowest BCUT2D eigenvalue weighted by atomic mass is 10.1. The topological polar surface area (TPSA) is 64.0 Å². The van der Waals surface area contributed by atoms with Crippen LogP contribution in [0.1, 0.15) is 43.9 Å². The molecule has 0 aliphatic heterocycles. The Morgan fingerprint density at radius 1 is 0.906 bits per heavy atom. The summed E-state index contributed by atoms with van der Waals surface area (Å²) in [5.41, 5.74) is 8.08. The minimum Gasteiger partial charge on any atom is -0.348 e. The standard InChI is InChI=1S/C27H27N3O2/c1-17-6-5-7-22(12-17)15-28-26(31)23-10-8-21(9-11-23)16-30-25-14-19(3)18(2)13-24(25)29-20(4)27(30)32/h5-14H,15-16H2,1-4H3,(H,28,31). The summed E-state index contributed by atoms with van der Waals surface area (Å²) in [7, 11) is 0. The fraction of sp³-hybridized carbons (Fsp3) is 0.222. The molecule has 0 aliphatic carbocycles. The number of amides is 1. The first kappa shape index (κ1) is 21.5. The molecule has 4 rings (SSSR count). The Bertz CT molecular complexity index is 1370. The number of aromatic nitrogens is 2. The van der Waals surface area contributed by atoms with Crippen molar-refractivity contribution < 1.29 is 4.79 Å². The predicted octanol–water partition coefficient (Wildman–Crippen LogP) is 4.61. The van der Waals surface area contributed by atoms with Crippen molar-refractivity contribution >= 4 is 16.9 Å². The first-order valence-electron chi connectivity index (χ1n) is 10.7. The molecule has 32 heavy (non-hydrogen) atoms. The molecule has 0 spiro atoms. The molecule has 1 aromatic heterocycles. The van der Waals surface area contributed by atoms with Gasteiger partial charge in [0.15, 0.2) is 0 Å². The van der Waals surface area contributed by atoms with E-state index in [0.29, 0.717) is 24.3 Å². The maximum absolute atomic E-state index is 12.8. The number of rotatable bonds is 5. The van der Waals surface area contributed by atoms with Gasteiger partial charge in [-0.25, -0.2) is 4.98 Å². The van der Waals surface area contributed by atoms with Gasteiger partial charge in [-0.3, -0.25) is 9.59 Å². The van der Waals surface area contributed by atoms with Gasteiger partial charge >= 0.3 is 0 Å². The van der Waals surface area contributed by atoms with E-state index in [-0.39, 0.29) is 11.5 Å². The third-order valence-corrected chi connectivity index (χ3v) is 5.82. The van der Waals surface area contributed by atoms with Gasteiger partial charge in [-0.1, -0.05) is 42.0 Å². The summed E-state index contributed by atoms with van der Waals surface area (Å²) >= 11 is 0. The molecule has 1 amide bonds. The third-order valence-electron chi connectivity index (χ3n) is 5.82. The van der Waals surface area contributed by atoms with Crippen LogP contribution in [0.2, 0.25) is 0 Å². The monoisotopic (exact) mass is 425 g/mol. The van der Waals surface area contributed by atoms with Crippen LogP contribution in [0.3, 0.4) is 0 Å². The summed E-state index contributed by atoms with van der Waals surface area (Å²) in [4.78, 5) is 29.9. The number of hydrogen-bond acceptors (Lipinski definition) is 3. The van der Waals surface area contributed by atoms with E-state index in [1.165, 1.54) is 5.56 Å². The Balaban J connectivity index is 1.54. The highest BCUT2D eigenvalue weighted by Gasteiger charge is 2.11. The highest BCUT2D eigenvalue weighted by atomic mass is 16.1. The number of carbonyl (C=O) groups excluding carboxylic acids is 1. The third kappa shape index (κ3) is 4.47. The van der Waals surface area contributed by atoms with Crippen LogP contribution in [0.5, 0.6) is 0 Å². The average Bonchev–Trinajstić information content (AvgIpc) is 2.77. The molecular formula is C27H27N3O2. The summed E-state index contributed by atoms with van der Waals surface area (Å²) in [5.74, 6) is -0.119. The molecule has 0 aliphatic rings. The molecule has 3 aromatic carbocycles. The van der Waals surface area contributed by atoms with Crippen LogP contribution in [0.15, 0.2) is 65.5 Å². The first-order valence-corrected chi connectivity index (χ1v) is 10.7. The van der Waals surface area contributed by atoms with E-state index >= 15 is 0 Å². The minimum atomic E-state index is -0.119. The van der Waals surface area contributed by atoms with Crippen molar-refractivity contribution in [2.45, 2.75) is 40.8 Å². The molecule has 1 heterocycles. The fourth-order valence-corrected chi connectivity index (χ4v) is 3.83. The molecule has 0 saturated carbocycles. The zero-order chi connectivity index (χ0) is 22.8. The number of nitrogens with one attached hydrogen (secondary N) is 1. The van der Waals surface area contributed by atoms with E-state index < -0.39 is 0 Å². The molecule has 0 fully saturated rings. The molecule has 0 bridgehead atoms. The maximum Gasteiger partial charge on any atom is 0.272 e. The van der Waals surface area contributed by atoms with Crippen molar-refractivity contribution in [2.24, 2.45) is 0 Å². The number of benzene rings is 3. The molecule has 4 aromatic rings. The van der Waals surface area contributed by atoms with Crippen LogP contribution in [0, 0.1) is 27.7 Å². The summed E-state index contributed by atoms with van der Waals surface area (Å²) in [6.45, 7) is 8.77. The van der Waals surface area contributed by atoms with E-state index in [1.54, 1.807) is 23.6 Å². The Morgan fingerprint density at radius 3 is 2.34 bits per heavy atom. The van der Waals surface area contributed by atoms with Crippen LogP contribution >= 0.6 is 0 Å². The number of aryl methyl sites for hydroxylation is 4. The zero-order valence-electron chi connectivity index (χ0n) is 18.9. The Morgan fingerprint density at radius 2 is 1.62 bits per heavy atom. The van der Waals surface area contributed by atoms with Crippen molar-refractivity contribution in [3.8, 4) is 0 Å². The molecule has 162 valence electrons. The quantitative estimate of drug-likeness (QED) is 0.508. The summed E-state index contributed by atoms with van der Waals surface area (Å²) in [5, 5.41) is 2.96. The number of hydrogen-bond donors (Lipinski definition) is 1. The molecule has 1 N–H and O–H groups in total. The van der Waals surface area contributed by atoms with Crippen LogP contribution < -0.4 is 10.9 Å². The number of nitrogens with zero attached hydrogens (tertiary/aromatic N) is 2. The SMILES string of the molecule is Cc1cccc(CNC(=O)c2ccc(Cn3c(=O)c(C)nc4cc(C)c(C)cc43)cc2)c1. The Hall–Kier alpha value is -3.73. The van der Waals surface area contributed by atoms with Crippen LogP contribution in [-0.4, -0.2) is 15.5 Å². The van der Waals surface area contributed by atoms with Gasteiger partial charge < -0.3 is 9.88 Å². The van der Waals surface area contributed by atoms with Gasteiger partial charge in [0.05, 0.1) is 17.6 Å². The maximum atomic E-state index is 12.8. The Labute approximate surface area is 187 Å². The number of carbonyl (C=O) groups is 1. The lowest BCUT2D eigenvalue weighted by Gasteiger charge is -2.13. The first-order chi connectivity index (χ1) is 15.3. The van der Waals surface area contributed by atoms with Gasteiger partial charge in [-0.05, 0) is 74.2 Å². The van der Waals surface area contributed by atoms with Gasteiger partial charge in [0, 0.05) is 12.1 Å². The zero-order valence-corrected chi connectivity index (χ0v) is 18.9. The van der Waals surface area contributed by atoms with E-state index in [4.69, 9.17) is 0 Å². The molecular weight excluding hydrogens is 398 g/mol. The van der Waals surface area contributed by atoms with Crippen LogP contribution in [0.25, 0.3) is 11.0 Å². The van der Waals surface area contributed by atoms with Gasteiger partial charge in [-0.2, -0.15) is 0 Å². The van der Waals surface area contributed by atoms with Crippen molar-refractivity contribution in [1.29, 1.82) is 0 Å². The van der Waals surface area contributed by atoms with Crippen molar-refractivity contribution in [1.82, 2.24) is 14.9 Å². The van der Waals surface area contributed by atoms with E-state index in [1.807, 2.05) is 63.2 Å². The van der Waals surface area contributed by atoms with E-state index in [0.717, 1.165) is 33.3 Å². The highest BCUT2D eigenvalue weighted by molar-refractivity contribution is 5.94.